The number of hydrogen-bond donors (Lipinski definition) is 0. The van der Waals surface area contributed by atoms with Gasteiger partial charge in [0.2, 0.25) is 5.95 Å². The second-order valence-corrected chi connectivity index (χ2v) is 6.97. The maximum absolute atomic E-state index is 4.66. The molecular formula is C21H20N12. The summed E-state index contributed by atoms with van der Waals surface area (Å²) in [6.45, 7) is 5.49. The van der Waals surface area contributed by atoms with Gasteiger partial charge >= 0.3 is 0 Å². The molecule has 0 unspecified atom stereocenters. The molecule has 0 aliphatic heterocycles. The van der Waals surface area contributed by atoms with Crippen LogP contribution in [-0.4, -0.2) is 68.5 Å². The highest BCUT2D eigenvalue weighted by atomic mass is 15.6. The summed E-state index contributed by atoms with van der Waals surface area (Å²) >= 11 is 0. The summed E-state index contributed by atoms with van der Waals surface area (Å²) in [5, 5.41) is 24.3. The van der Waals surface area contributed by atoms with Crippen molar-refractivity contribution in [2.45, 2.75) is 13.8 Å². The first kappa shape index (κ1) is 20.3. The van der Waals surface area contributed by atoms with Gasteiger partial charge in [0, 0.05) is 24.2 Å². The van der Waals surface area contributed by atoms with E-state index in [-0.39, 0.29) is 11.9 Å². The van der Waals surface area contributed by atoms with E-state index in [1.807, 2.05) is 79.4 Å². The van der Waals surface area contributed by atoms with Gasteiger partial charge in [0.15, 0.2) is 11.6 Å². The third-order valence-electron chi connectivity index (χ3n) is 5.03. The predicted molar refractivity (Wildman–Crippen MR) is 120 cm³/mol. The lowest BCUT2D eigenvalue weighted by molar-refractivity contribution is 0.693. The van der Waals surface area contributed by atoms with E-state index in [1.165, 1.54) is 9.36 Å². The predicted octanol–water partition coefficient (Wildman–Crippen LogP) is 2.00. The molecule has 12 heteroatoms. The number of benzene rings is 2. The first-order valence-electron chi connectivity index (χ1n) is 10.5. The van der Waals surface area contributed by atoms with Crippen molar-refractivity contribution in [2.24, 2.45) is 0 Å². The van der Waals surface area contributed by atoms with Gasteiger partial charge in [-0.3, -0.25) is 0 Å². The Kier molecular flexibility index (Phi) is 5.45. The van der Waals surface area contributed by atoms with Crippen molar-refractivity contribution in [1.82, 2.24) is 55.4 Å². The summed E-state index contributed by atoms with van der Waals surface area (Å²) in [4.78, 5) is 16.0. The van der Waals surface area contributed by atoms with Crippen molar-refractivity contribution in [3.05, 3.63) is 60.7 Å². The topological polar surface area (TPSA) is 129 Å². The fourth-order valence-electron chi connectivity index (χ4n) is 3.36. The van der Waals surface area contributed by atoms with Crippen molar-refractivity contribution < 1.29 is 0 Å². The van der Waals surface area contributed by atoms with E-state index in [2.05, 4.69) is 46.0 Å². The van der Waals surface area contributed by atoms with Crippen LogP contribution >= 0.6 is 0 Å². The number of rotatable bonds is 7. The molecule has 5 rings (SSSR count). The Morgan fingerprint density at radius 1 is 0.636 bits per heavy atom. The summed E-state index contributed by atoms with van der Waals surface area (Å²) < 4.78 is 2.97. The SMILES string of the molecule is CCN(CC)c1nc(-n2nnnc2-c2ccccc2)nc(-n2nnnc2-c2ccccc2)n1. The first-order chi connectivity index (χ1) is 16.3. The van der Waals surface area contributed by atoms with E-state index in [0.29, 0.717) is 30.7 Å². The van der Waals surface area contributed by atoms with Crippen LogP contribution in [0.5, 0.6) is 0 Å². The molecule has 0 spiro atoms. The second kappa shape index (κ2) is 8.86. The molecule has 0 fully saturated rings. The zero-order valence-electron chi connectivity index (χ0n) is 18.1. The lowest BCUT2D eigenvalue weighted by Gasteiger charge is -2.19. The minimum atomic E-state index is 0.264. The quantitative estimate of drug-likeness (QED) is 0.370. The Hall–Kier alpha value is -4.61. The zero-order valence-corrected chi connectivity index (χ0v) is 18.1. The molecule has 0 aliphatic carbocycles. The van der Waals surface area contributed by atoms with Gasteiger partial charge in [-0.2, -0.15) is 24.3 Å². The third-order valence-corrected chi connectivity index (χ3v) is 5.03. The van der Waals surface area contributed by atoms with Crippen LogP contribution in [-0.2, 0) is 0 Å². The van der Waals surface area contributed by atoms with Crippen LogP contribution in [0.4, 0.5) is 5.95 Å². The fourth-order valence-corrected chi connectivity index (χ4v) is 3.36. The molecule has 0 saturated heterocycles. The van der Waals surface area contributed by atoms with Crippen LogP contribution in [0.25, 0.3) is 34.7 Å². The van der Waals surface area contributed by atoms with Crippen molar-refractivity contribution in [3.63, 3.8) is 0 Å². The van der Waals surface area contributed by atoms with Crippen LogP contribution in [0.15, 0.2) is 60.7 Å². The molecule has 5 aromatic rings. The molecule has 0 amide bonds. The molecule has 33 heavy (non-hydrogen) atoms. The number of hydrogen-bond acceptors (Lipinski definition) is 10. The summed E-state index contributed by atoms with van der Waals surface area (Å²) in [5.41, 5.74) is 1.67. The molecule has 0 aliphatic rings. The van der Waals surface area contributed by atoms with Crippen LogP contribution < -0.4 is 4.90 Å². The van der Waals surface area contributed by atoms with Gasteiger partial charge in [0.1, 0.15) is 0 Å². The van der Waals surface area contributed by atoms with E-state index in [0.717, 1.165) is 11.1 Å². The molecule has 164 valence electrons. The van der Waals surface area contributed by atoms with Crippen molar-refractivity contribution >= 4 is 5.95 Å². The summed E-state index contributed by atoms with van der Waals surface area (Å²) in [6, 6.07) is 19.2. The molecule has 2 aromatic carbocycles. The summed E-state index contributed by atoms with van der Waals surface area (Å²) in [6.07, 6.45) is 0. The van der Waals surface area contributed by atoms with Crippen LogP contribution in [0.3, 0.4) is 0 Å². The number of anilines is 1. The Labute approximate surface area is 189 Å². The molecule has 12 nitrogen and oxygen atoms in total. The third kappa shape index (κ3) is 3.89. The van der Waals surface area contributed by atoms with Gasteiger partial charge in [0.25, 0.3) is 11.9 Å². The zero-order chi connectivity index (χ0) is 22.6. The van der Waals surface area contributed by atoms with E-state index in [1.54, 1.807) is 0 Å². The minimum Gasteiger partial charge on any atom is -0.341 e. The van der Waals surface area contributed by atoms with Gasteiger partial charge in [-0.1, -0.05) is 60.7 Å². The standard InChI is InChI=1S/C21H20N12/c1-3-31(4-2)19-22-20(32-17(25-27-29-32)15-11-7-5-8-12-15)24-21(23-19)33-18(26-28-30-33)16-13-9-6-10-14-16/h5-14H,3-4H2,1-2H3. The normalized spacial score (nSPS) is 11.0. The van der Waals surface area contributed by atoms with E-state index in [9.17, 15) is 0 Å². The molecule has 3 aromatic heterocycles. The lowest BCUT2D eigenvalue weighted by Crippen LogP contribution is -2.26. The molecule has 0 N–H and O–H groups in total. The van der Waals surface area contributed by atoms with Gasteiger partial charge < -0.3 is 4.90 Å². The second-order valence-electron chi connectivity index (χ2n) is 6.97. The highest BCUT2D eigenvalue weighted by Gasteiger charge is 2.21. The summed E-state index contributed by atoms with van der Waals surface area (Å²) in [5.74, 6) is 2.03. The highest BCUT2D eigenvalue weighted by molar-refractivity contribution is 5.57. The van der Waals surface area contributed by atoms with Gasteiger partial charge in [-0.05, 0) is 34.7 Å². The molecular weight excluding hydrogens is 420 g/mol. The lowest BCUT2D eigenvalue weighted by atomic mass is 10.2. The fraction of sp³-hybridized carbons (Fsp3) is 0.190. The molecule has 3 heterocycles. The Morgan fingerprint density at radius 3 is 1.52 bits per heavy atom. The molecule has 0 atom stereocenters. The van der Waals surface area contributed by atoms with Crippen molar-refractivity contribution in [1.29, 1.82) is 0 Å². The largest absolute Gasteiger partial charge is 0.341 e. The maximum atomic E-state index is 4.66. The Balaban J connectivity index is 1.68. The van der Waals surface area contributed by atoms with Crippen LogP contribution in [0.1, 0.15) is 13.8 Å². The smallest absolute Gasteiger partial charge is 0.260 e. The van der Waals surface area contributed by atoms with Gasteiger partial charge in [-0.25, -0.2) is 0 Å². The molecule has 0 radical (unpaired) electrons. The molecule has 0 saturated carbocycles. The van der Waals surface area contributed by atoms with E-state index >= 15 is 0 Å². The summed E-state index contributed by atoms with van der Waals surface area (Å²) in [7, 11) is 0. The number of nitrogens with zero attached hydrogens (tertiary/aromatic N) is 12. The van der Waals surface area contributed by atoms with Gasteiger partial charge in [-0.15, -0.1) is 10.2 Å². The number of tetrazole rings is 2. The maximum Gasteiger partial charge on any atom is 0.260 e. The van der Waals surface area contributed by atoms with Crippen LogP contribution in [0, 0.1) is 0 Å². The molecule has 0 bridgehead atoms. The van der Waals surface area contributed by atoms with Crippen LogP contribution in [0.2, 0.25) is 0 Å². The van der Waals surface area contributed by atoms with Gasteiger partial charge in [0.05, 0.1) is 0 Å². The monoisotopic (exact) mass is 440 g/mol. The van der Waals surface area contributed by atoms with E-state index < -0.39 is 0 Å². The average Bonchev–Trinajstić information content (AvgIpc) is 3.56. The average molecular weight is 440 g/mol. The first-order valence-corrected chi connectivity index (χ1v) is 10.5. The Morgan fingerprint density at radius 2 is 1.09 bits per heavy atom. The van der Waals surface area contributed by atoms with Crippen molar-refractivity contribution in [3.8, 4) is 34.7 Å². The Bertz CT molecular complexity index is 1250. The number of aromatic nitrogens is 11. The van der Waals surface area contributed by atoms with Crippen molar-refractivity contribution in [2.75, 3.05) is 18.0 Å². The highest BCUT2D eigenvalue weighted by Crippen LogP contribution is 2.21. The minimum absolute atomic E-state index is 0.264. The van der Waals surface area contributed by atoms with E-state index in [4.69, 9.17) is 0 Å².